The maximum Gasteiger partial charge on any atom is 0.410 e. The largest absolute Gasteiger partial charge is 0.445 e. The third-order valence-electron chi connectivity index (χ3n) is 5.30. The van der Waals surface area contributed by atoms with Crippen molar-refractivity contribution in [2.45, 2.75) is 12.6 Å². The summed E-state index contributed by atoms with van der Waals surface area (Å²) in [6, 6.07) is 10.7. The van der Waals surface area contributed by atoms with E-state index in [9.17, 15) is 14.0 Å². The molecule has 3 N–H and O–H groups in total. The maximum absolute atomic E-state index is 13.8. The van der Waals surface area contributed by atoms with Gasteiger partial charge in [-0.3, -0.25) is 9.18 Å². The van der Waals surface area contributed by atoms with Crippen LogP contribution in [0.5, 0.6) is 0 Å². The van der Waals surface area contributed by atoms with Crippen LogP contribution in [0.3, 0.4) is 0 Å². The third kappa shape index (κ3) is 4.48. The molecule has 3 aromatic rings. The van der Waals surface area contributed by atoms with Gasteiger partial charge < -0.3 is 20.7 Å². The number of hydrogen-bond acceptors (Lipinski definition) is 5. The van der Waals surface area contributed by atoms with Crippen molar-refractivity contribution in [1.82, 2.24) is 14.5 Å². The third-order valence-corrected chi connectivity index (χ3v) is 5.74. The minimum atomic E-state index is -0.649. The van der Waals surface area contributed by atoms with E-state index in [1.54, 1.807) is 16.8 Å². The van der Waals surface area contributed by atoms with Crippen LogP contribution in [-0.4, -0.2) is 52.3 Å². The number of primary amides is 1. The summed E-state index contributed by atoms with van der Waals surface area (Å²) >= 11 is 3.39. The molecule has 1 aliphatic rings. The Morgan fingerprint density at radius 3 is 2.77 bits per heavy atom. The lowest BCUT2D eigenvalue weighted by Gasteiger charge is -2.21. The summed E-state index contributed by atoms with van der Waals surface area (Å²) in [5, 5.41) is 7.42. The lowest BCUT2D eigenvalue weighted by atomic mass is 10.0. The number of benzene rings is 1. The topological polar surface area (TPSA) is 102 Å². The first kappa shape index (κ1) is 21.1. The number of carbonyl (C=O) groups excluding carboxylic acids is 2. The van der Waals surface area contributed by atoms with Crippen LogP contribution in [0.15, 0.2) is 53.3 Å². The van der Waals surface area contributed by atoms with Crippen molar-refractivity contribution in [3.63, 3.8) is 0 Å². The lowest BCUT2D eigenvalue weighted by Crippen LogP contribution is -2.33. The van der Waals surface area contributed by atoms with E-state index in [0.717, 1.165) is 10.0 Å². The first-order valence-electron chi connectivity index (χ1n) is 9.71. The molecule has 1 fully saturated rings. The second-order valence-corrected chi connectivity index (χ2v) is 8.31. The Balaban J connectivity index is 1.51. The van der Waals surface area contributed by atoms with Crippen molar-refractivity contribution < 1.29 is 18.7 Å². The van der Waals surface area contributed by atoms with Gasteiger partial charge in [-0.1, -0.05) is 30.3 Å². The first-order valence-corrected chi connectivity index (χ1v) is 10.5. The molecule has 2 amide bonds. The average Bonchev–Trinajstić information content (AvgIpc) is 3.35. The summed E-state index contributed by atoms with van der Waals surface area (Å²) in [7, 11) is 0. The number of nitrogens with one attached hydrogen (secondary N) is 1. The molecule has 162 valence electrons. The summed E-state index contributed by atoms with van der Waals surface area (Å²) in [6.07, 6.45) is 2.60. The van der Waals surface area contributed by atoms with Crippen LogP contribution in [0.2, 0.25) is 0 Å². The minimum Gasteiger partial charge on any atom is -0.445 e. The maximum atomic E-state index is 13.8. The van der Waals surface area contributed by atoms with E-state index in [1.807, 2.05) is 30.3 Å². The Labute approximate surface area is 186 Å². The fraction of sp³-hybridized carbons (Fsp3) is 0.286. The molecule has 10 heteroatoms. The van der Waals surface area contributed by atoms with Crippen LogP contribution in [-0.2, 0) is 11.3 Å². The SMILES string of the molecule is NC(=O)c1cnn2cc(Br)cc2c1N[C@@H]1CN(C(=O)OCc2ccccc2)C[C@@H]1CF. The van der Waals surface area contributed by atoms with E-state index < -0.39 is 30.6 Å². The number of likely N-dealkylation sites (tertiary alicyclic amines) is 1. The molecule has 31 heavy (non-hydrogen) atoms. The van der Waals surface area contributed by atoms with Gasteiger partial charge in [-0.15, -0.1) is 0 Å². The fourth-order valence-electron chi connectivity index (χ4n) is 3.70. The van der Waals surface area contributed by atoms with Crippen molar-refractivity contribution in [3.05, 3.63) is 64.4 Å². The number of anilines is 1. The predicted molar refractivity (Wildman–Crippen MR) is 116 cm³/mol. The molecule has 0 spiro atoms. The van der Waals surface area contributed by atoms with Crippen LogP contribution in [0, 0.1) is 5.92 Å². The van der Waals surface area contributed by atoms with Crippen molar-refractivity contribution in [2.75, 3.05) is 25.1 Å². The highest BCUT2D eigenvalue weighted by molar-refractivity contribution is 9.10. The van der Waals surface area contributed by atoms with Gasteiger partial charge in [0, 0.05) is 29.7 Å². The van der Waals surface area contributed by atoms with E-state index in [1.165, 1.54) is 11.1 Å². The highest BCUT2D eigenvalue weighted by Crippen LogP contribution is 2.29. The Morgan fingerprint density at radius 2 is 2.06 bits per heavy atom. The Morgan fingerprint density at radius 1 is 1.29 bits per heavy atom. The number of amides is 2. The van der Waals surface area contributed by atoms with Gasteiger partial charge >= 0.3 is 6.09 Å². The van der Waals surface area contributed by atoms with Gasteiger partial charge in [-0.25, -0.2) is 9.31 Å². The average molecular weight is 490 g/mol. The van der Waals surface area contributed by atoms with E-state index in [-0.39, 0.29) is 25.3 Å². The summed E-state index contributed by atoms with van der Waals surface area (Å²) in [6.45, 7) is -0.0435. The number of alkyl halides is 1. The zero-order chi connectivity index (χ0) is 22.0. The van der Waals surface area contributed by atoms with Crippen molar-refractivity contribution in [1.29, 1.82) is 0 Å². The smallest absolute Gasteiger partial charge is 0.410 e. The summed E-state index contributed by atoms with van der Waals surface area (Å²) in [4.78, 5) is 26.0. The number of hydrogen-bond donors (Lipinski definition) is 2. The van der Waals surface area contributed by atoms with Gasteiger partial charge in [0.05, 0.1) is 35.7 Å². The molecular formula is C21H21BrFN5O3. The molecule has 0 aliphatic carbocycles. The van der Waals surface area contributed by atoms with E-state index in [4.69, 9.17) is 10.5 Å². The van der Waals surface area contributed by atoms with Gasteiger partial charge in [0.1, 0.15) is 6.61 Å². The first-order chi connectivity index (χ1) is 15.0. The molecule has 1 saturated heterocycles. The van der Waals surface area contributed by atoms with E-state index in [2.05, 4.69) is 26.3 Å². The predicted octanol–water partition coefficient (Wildman–Crippen LogP) is 3.21. The number of rotatable bonds is 6. The molecule has 3 heterocycles. The van der Waals surface area contributed by atoms with Gasteiger partial charge in [-0.05, 0) is 27.6 Å². The quantitative estimate of drug-likeness (QED) is 0.553. The van der Waals surface area contributed by atoms with Crippen LogP contribution in [0.4, 0.5) is 14.9 Å². The molecule has 2 aromatic heterocycles. The number of halogens is 2. The number of nitrogens with two attached hydrogens (primary N) is 1. The molecule has 4 rings (SSSR count). The standard InChI is InChI=1S/C21H21BrFN5O3/c22-15-6-18-19(16(20(24)29)8-25-28(18)10-15)26-17-11-27(9-14(17)7-23)21(30)31-12-13-4-2-1-3-5-13/h1-6,8,10,14,17,26H,7,9,11-12H2,(H2,24,29)/t14-,17+/m0/s1. The second-order valence-electron chi connectivity index (χ2n) is 7.40. The Bertz CT molecular complexity index is 1110. The van der Waals surface area contributed by atoms with E-state index >= 15 is 0 Å². The zero-order valence-corrected chi connectivity index (χ0v) is 18.1. The van der Waals surface area contributed by atoms with Gasteiger partial charge in [-0.2, -0.15) is 5.10 Å². The Kier molecular flexibility index (Phi) is 6.08. The lowest BCUT2D eigenvalue weighted by molar-refractivity contribution is 0.0997. The summed E-state index contributed by atoms with van der Waals surface area (Å²) in [5.74, 6) is -1.11. The molecule has 0 unspecified atom stereocenters. The molecule has 0 radical (unpaired) electrons. The molecule has 2 atom stereocenters. The monoisotopic (exact) mass is 489 g/mol. The zero-order valence-electron chi connectivity index (χ0n) is 16.5. The Hall–Kier alpha value is -3.14. The summed E-state index contributed by atoms with van der Waals surface area (Å²) < 4.78 is 21.5. The second kappa shape index (κ2) is 8.93. The normalized spacial score (nSPS) is 18.3. The van der Waals surface area contributed by atoms with Crippen molar-refractivity contribution in [3.8, 4) is 0 Å². The molecule has 0 bridgehead atoms. The van der Waals surface area contributed by atoms with Crippen LogP contribution in [0.25, 0.3) is 5.52 Å². The highest BCUT2D eigenvalue weighted by atomic mass is 79.9. The molecule has 1 aromatic carbocycles. The van der Waals surface area contributed by atoms with Gasteiger partial charge in [0.15, 0.2) is 0 Å². The van der Waals surface area contributed by atoms with E-state index in [0.29, 0.717) is 11.2 Å². The van der Waals surface area contributed by atoms with Crippen LogP contribution < -0.4 is 11.1 Å². The van der Waals surface area contributed by atoms with Gasteiger partial charge in [0.25, 0.3) is 5.91 Å². The minimum absolute atomic E-state index is 0.142. The van der Waals surface area contributed by atoms with Crippen molar-refractivity contribution in [2.24, 2.45) is 11.7 Å². The highest BCUT2D eigenvalue weighted by Gasteiger charge is 2.37. The number of nitrogens with zero attached hydrogens (tertiary/aromatic N) is 3. The number of fused-ring (bicyclic) bond motifs is 1. The molecular weight excluding hydrogens is 469 g/mol. The number of aromatic nitrogens is 2. The summed E-state index contributed by atoms with van der Waals surface area (Å²) in [5.41, 5.74) is 7.66. The van der Waals surface area contributed by atoms with Crippen LogP contribution >= 0.6 is 15.9 Å². The molecule has 0 saturated carbocycles. The van der Waals surface area contributed by atoms with Crippen LogP contribution in [0.1, 0.15) is 15.9 Å². The van der Waals surface area contributed by atoms with Gasteiger partial charge in [0.2, 0.25) is 0 Å². The van der Waals surface area contributed by atoms with Crippen molar-refractivity contribution >= 4 is 39.1 Å². The molecule has 8 nitrogen and oxygen atoms in total. The molecule has 1 aliphatic heterocycles. The number of carbonyl (C=O) groups is 2. The fourth-order valence-corrected chi connectivity index (χ4v) is 4.11. The number of ether oxygens (including phenoxy) is 1.